The highest BCUT2D eigenvalue weighted by atomic mass is 35.5. The molecule has 0 unspecified atom stereocenters. The fraction of sp³-hybridized carbons (Fsp3) is 0.0526. The third kappa shape index (κ3) is 3.38. The van der Waals surface area contributed by atoms with Gasteiger partial charge in [0.1, 0.15) is 5.01 Å². The number of rotatable bonds is 3. The zero-order valence-electron chi connectivity index (χ0n) is 13.2. The van der Waals surface area contributed by atoms with Gasteiger partial charge in [-0.15, -0.1) is 11.3 Å². The molecule has 3 nitrogen and oxygen atoms in total. The highest BCUT2D eigenvalue weighted by Gasteiger charge is 2.12. The molecule has 130 valence electrons. The predicted molar refractivity (Wildman–Crippen MR) is 110 cm³/mol. The van der Waals surface area contributed by atoms with Gasteiger partial charge in [0.15, 0.2) is 0 Å². The Balaban J connectivity index is 1.76. The van der Waals surface area contributed by atoms with Crippen LogP contribution in [0.1, 0.15) is 5.56 Å². The Morgan fingerprint density at radius 1 is 1.00 bits per heavy atom. The van der Waals surface area contributed by atoms with Crippen LogP contribution in [0.2, 0.25) is 15.1 Å². The minimum absolute atomic E-state index is 0.122. The molecule has 26 heavy (non-hydrogen) atoms. The molecule has 0 aliphatic carbocycles. The summed E-state index contributed by atoms with van der Waals surface area (Å²) >= 11 is 19.7. The van der Waals surface area contributed by atoms with Crippen LogP contribution in [0.25, 0.3) is 20.8 Å². The van der Waals surface area contributed by atoms with Crippen molar-refractivity contribution in [3.63, 3.8) is 0 Å². The number of benzene rings is 2. The fourth-order valence-electron chi connectivity index (χ4n) is 2.67. The molecule has 2 aromatic heterocycles. The van der Waals surface area contributed by atoms with Crippen molar-refractivity contribution in [2.45, 2.75) is 6.54 Å². The Morgan fingerprint density at radius 3 is 2.58 bits per heavy atom. The molecule has 0 aliphatic rings. The summed E-state index contributed by atoms with van der Waals surface area (Å²) in [7, 11) is 0. The molecule has 0 saturated heterocycles. The second-order valence-corrected chi connectivity index (χ2v) is 8.03. The molecule has 4 aromatic rings. The van der Waals surface area contributed by atoms with E-state index < -0.39 is 0 Å². The zero-order valence-corrected chi connectivity index (χ0v) is 16.3. The van der Waals surface area contributed by atoms with E-state index in [1.54, 1.807) is 35.0 Å². The lowest BCUT2D eigenvalue weighted by atomic mass is 10.2. The fourth-order valence-corrected chi connectivity index (χ4v) is 4.40. The van der Waals surface area contributed by atoms with Crippen LogP contribution in [0.15, 0.2) is 59.5 Å². The molecular weight excluding hydrogens is 411 g/mol. The summed E-state index contributed by atoms with van der Waals surface area (Å²) in [5.74, 6) is 0. The molecule has 0 amide bonds. The highest BCUT2D eigenvalue weighted by Crippen LogP contribution is 2.30. The van der Waals surface area contributed by atoms with Gasteiger partial charge >= 0.3 is 0 Å². The van der Waals surface area contributed by atoms with Crippen molar-refractivity contribution in [2.24, 2.45) is 0 Å². The number of hydrogen-bond donors (Lipinski definition) is 0. The summed E-state index contributed by atoms with van der Waals surface area (Å²) in [6.45, 7) is 0.361. The van der Waals surface area contributed by atoms with Gasteiger partial charge in [-0.1, -0.05) is 40.9 Å². The van der Waals surface area contributed by atoms with E-state index in [1.165, 1.54) is 11.3 Å². The van der Waals surface area contributed by atoms with E-state index in [4.69, 9.17) is 34.8 Å². The predicted octanol–water partition coefficient (Wildman–Crippen LogP) is 6.13. The molecule has 0 saturated carbocycles. The van der Waals surface area contributed by atoms with Gasteiger partial charge in [-0.3, -0.25) is 4.79 Å². The van der Waals surface area contributed by atoms with Crippen molar-refractivity contribution in [3.8, 4) is 10.6 Å². The molecule has 0 N–H and O–H groups in total. The number of nitrogens with zero attached hydrogens (tertiary/aromatic N) is 2. The van der Waals surface area contributed by atoms with Crippen LogP contribution < -0.4 is 5.56 Å². The van der Waals surface area contributed by atoms with Crippen molar-refractivity contribution in [3.05, 3.63) is 85.7 Å². The average molecular weight is 422 g/mol. The summed E-state index contributed by atoms with van der Waals surface area (Å²) in [6.07, 6.45) is 1.74. The van der Waals surface area contributed by atoms with E-state index in [0.717, 1.165) is 15.8 Å². The zero-order chi connectivity index (χ0) is 18.3. The number of pyridine rings is 1. The standard InChI is InChI=1S/C19H11Cl3N2OS/c20-12-4-3-11(15(22)8-12)10-24-7-1-2-14(19(24)25)18-23-16-6-5-13(21)9-17(16)26-18/h1-9H,10H2. The average Bonchev–Trinajstić information content (AvgIpc) is 3.01. The van der Waals surface area contributed by atoms with Crippen molar-refractivity contribution in [2.75, 3.05) is 0 Å². The Labute approximate surface area is 168 Å². The van der Waals surface area contributed by atoms with Crippen molar-refractivity contribution >= 4 is 56.4 Å². The lowest BCUT2D eigenvalue weighted by Gasteiger charge is -2.09. The normalized spacial score (nSPS) is 11.2. The van der Waals surface area contributed by atoms with Crippen LogP contribution in [-0.2, 0) is 6.54 Å². The number of thiazole rings is 1. The van der Waals surface area contributed by atoms with E-state index in [1.807, 2.05) is 24.3 Å². The Bertz CT molecular complexity index is 1180. The van der Waals surface area contributed by atoms with Crippen LogP contribution in [0.5, 0.6) is 0 Å². The molecule has 0 fully saturated rings. The van der Waals surface area contributed by atoms with E-state index in [2.05, 4.69) is 4.98 Å². The maximum absolute atomic E-state index is 12.9. The van der Waals surface area contributed by atoms with Crippen LogP contribution in [0.4, 0.5) is 0 Å². The van der Waals surface area contributed by atoms with Gasteiger partial charge < -0.3 is 4.57 Å². The maximum Gasteiger partial charge on any atom is 0.261 e. The lowest BCUT2D eigenvalue weighted by molar-refractivity contribution is 0.761. The first-order valence-electron chi connectivity index (χ1n) is 7.71. The van der Waals surface area contributed by atoms with Crippen LogP contribution in [0, 0.1) is 0 Å². The van der Waals surface area contributed by atoms with Gasteiger partial charge in [0.05, 0.1) is 22.3 Å². The molecular formula is C19H11Cl3N2OS. The molecule has 0 bridgehead atoms. The van der Waals surface area contributed by atoms with Gasteiger partial charge in [-0.25, -0.2) is 4.98 Å². The Morgan fingerprint density at radius 2 is 1.77 bits per heavy atom. The number of aromatic nitrogens is 2. The second kappa shape index (κ2) is 7.05. The van der Waals surface area contributed by atoms with Gasteiger partial charge in [-0.05, 0) is 48.0 Å². The molecule has 4 rings (SSSR count). The van der Waals surface area contributed by atoms with E-state index in [9.17, 15) is 4.79 Å². The largest absolute Gasteiger partial charge is 0.310 e. The number of hydrogen-bond acceptors (Lipinski definition) is 3. The van der Waals surface area contributed by atoms with Crippen LogP contribution in [0.3, 0.4) is 0 Å². The van der Waals surface area contributed by atoms with Crippen molar-refractivity contribution in [1.82, 2.24) is 9.55 Å². The summed E-state index contributed by atoms with van der Waals surface area (Å²) in [4.78, 5) is 17.5. The minimum Gasteiger partial charge on any atom is -0.310 e. The summed E-state index contributed by atoms with van der Waals surface area (Å²) in [5, 5.41) is 2.41. The third-order valence-corrected chi connectivity index (χ3v) is 5.83. The molecule has 0 aliphatic heterocycles. The van der Waals surface area contributed by atoms with Gasteiger partial charge in [-0.2, -0.15) is 0 Å². The summed E-state index contributed by atoms with van der Waals surface area (Å²) in [6, 6.07) is 14.4. The molecule has 7 heteroatoms. The second-order valence-electron chi connectivity index (χ2n) is 5.72. The van der Waals surface area contributed by atoms with Gasteiger partial charge in [0.2, 0.25) is 0 Å². The molecule has 0 atom stereocenters. The smallest absolute Gasteiger partial charge is 0.261 e. The lowest BCUT2D eigenvalue weighted by Crippen LogP contribution is -2.21. The SMILES string of the molecule is O=c1c(-c2nc3ccc(Cl)cc3s2)cccn1Cc1ccc(Cl)cc1Cl. The first-order chi connectivity index (χ1) is 12.5. The Kier molecular flexibility index (Phi) is 4.76. The summed E-state index contributed by atoms with van der Waals surface area (Å²) < 4.78 is 2.56. The molecule has 2 aromatic carbocycles. The quantitative estimate of drug-likeness (QED) is 0.398. The van der Waals surface area contributed by atoms with Crippen molar-refractivity contribution < 1.29 is 0 Å². The summed E-state index contributed by atoms with van der Waals surface area (Å²) in [5.41, 5.74) is 2.08. The number of fused-ring (bicyclic) bond motifs is 1. The number of halogens is 3. The van der Waals surface area contributed by atoms with Crippen LogP contribution >= 0.6 is 46.1 Å². The monoisotopic (exact) mass is 420 g/mol. The maximum atomic E-state index is 12.9. The van der Waals surface area contributed by atoms with Gasteiger partial charge in [0, 0.05) is 21.3 Å². The Hall–Kier alpha value is -1.85. The minimum atomic E-state index is -0.122. The first-order valence-corrected chi connectivity index (χ1v) is 9.66. The molecule has 2 heterocycles. The van der Waals surface area contributed by atoms with E-state index >= 15 is 0 Å². The topological polar surface area (TPSA) is 34.9 Å². The first kappa shape index (κ1) is 17.6. The van der Waals surface area contributed by atoms with E-state index in [-0.39, 0.29) is 5.56 Å². The highest BCUT2D eigenvalue weighted by molar-refractivity contribution is 7.21. The molecule has 0 radical (unpaired) electrons. The van der Waals surface area contributed by atoms with Crippen molar-refractivity contribution in [1.29, 1.82) is 0 Å². The third-order valence-electron chi connectivity index (χ3n) is 3.96. The van der Waals surface area contributed by atoms with Gasteiger partial charge in [0.25, 0.3) is 5.56 Å². The van der Waals surface area contributed by atoms with Crippen LogP contribution in [-0.4, -0.2) is 9.55 Å². The van der Waals surface area contributed by atoms with E-state index in [0.29, 0.717) is 32.2 Å². The molecule has 0 spiro atoms.